The number of amides is 1. The minimum absolute atomic E-state index is 0.0206. The van der Waals surface area contributed by atoms with E-state index < -0.39 is 35.5 Å². The standard InChI is InChI=1S/C35H42F6N6O3/c1-4-28-14-30(15-29(5-2)47(28)32(50)23-8-6-21(7-9-23)12-31(48)49)46(33-42-16-24(17-43-33)25-18-44-45(3)20-25)19-22-10-26(34(36,37)38)13-27(11-22)35(39,40)41/h10-11,13,16-18,20-21,23,28-30H,4-9,12,14-15,19H2,1-3H3,(H,48,49)/t21?,23?,28-,29+,30+. The third-order valence-electron chi connectivity index (χ3n) is 10.1. The van der Waals surface area contributed by atoms with Gasteiger partial charge in [-0.05, 0) is 81.0 Å². The maximum Gasteiger partial charge on any atom is 0.416 e. The first kappa shape index (κ1) is 37.1. The lowest BCUT2D eigenvalue weighted by Crippen LogP contribution is -2.58. The Kier molecular flexibility index (Phi) is 11.1. The molecule has 0 radical (unpaired) electrons. The van der Waals surface area contributed by atoms with Crippen molar-refractivity contribution in [3.8, 4) is 11.1 Å². The molecule has 1 aromatic carbocycles. The van der Waals surface area contributed by atoms with Crippen molar-refractivity contribution in [2.75, 3.05) is 4.90 Å². The van der Waals surface area contributed by atoms with Gasteiger partial charge in [-0.3, -0.25) is 14.3 Å². The molecule has 3 aromatic rings. The van der Waals surface area contributed by atoms with Crippen molar-refractivity contribution in [1.82, 2.24) is 24.6 Å². The zero-order valence-corrected chi connectivity index (χ0v) is 28.2. The van der Waals surface area contributed by atoms with E-state index in [1.807, 2.05) is 18.7 Å². The van der Waals surface area contributed by atoms with Gasteiger partial charge >= 0.3 is 18.3 Å². The van der Waals surface area contributed by atoms with E-state index in [1.165, 1.54) is 0 Å². The van der Waals surface area contributed by atoms with Gasteiger partial charge in [0, 0.05) is 73.8 Å². The lowest BCUT2D eigenvalue weighted by molar-refractivity contribution is -0.145. The number of carboxylic acid groups (broad SMARTS) is 1. The number of aromatic nitrogens is 4. The number of hydrogen-bond donors (Lipinski definition) is 1. The molecule has 1 saturated heterocycles. The minimum atomic E-state index is -5.00. The van der Waals surface area contributed by atoms with Crippen LogP contribution in [0, 0.1) is 11.8 Å². The zero-order chi connectivity index (χ0) is 36.4. The maximum atomic E-state index is 14.0. The van der Waals surface area contributed by atoms with E-state index in [0.717, 1.165) is 17.7 Å². The SMILES string of the molecule is CC[C@@H]1C[C@H](N(Cc2cc(C(F)(F)F)cc(C(F)(F)F)c2)c2ncc(-c3cnn(C)c3)cn2)C[C@H](CC)N1C(=O)C1CCC(CC(=O)O)CC1. The van der Waals surface area contributed by atoms with E-state index in [4.69, 9.17) is 0 Å². The summed E-state index contributed by atoms with van der Waals surface area (Å²) in [6, 6.07) is 0.695. The summed E-state index contributed by atoms with van der Waals surface area (Å²) in [7, 11) is 1.75. The summed E-state index contributed by atoms with van der Waals surface area (Å²) in [5.41, 5.74) is -1.61. The van der Waals surface area contributed by atoms with Gasteiger partial charge in [0.25, 0.3) is 0 Å². The van der Waals surface area contributed by atoms with E-state index in [1.54, 1.807) is 41.4 Å². The number of aryl methyl sites for hydroxylation is 1. The fraction of sp³-hybridized carbons (Fsp3) is 0.571. The Balaban J connectivity index is 1.47. The topological polar surface area (TPSA) is 104 Å². The Labute approximate surface area is 286 Å². The smallest absolute Gasteiger partial charge is 0.416 e. The van der Waals surface area contributed by atoms with Crippen LogP contribution >= 0.6 is 0 Å². The summed E-state index contributed by atoms with van der Waals surface area (Å²) in [4.78, 5) is 38.0. The summed E-state index contributed by atoms with van der Waals surface area (Å²) in [6.07, 6.45) is 1.08. The molecule has 1 amide bonds. The molecule has 0 bridgehead atoms. The van der Waals surface area contributed by atoms with Crippen LogP contribution in [0.5, 0.6) is 0 Å². The highest BCUT2D eigenvalue weighted by molar-refractivity contribution is 5.80. The van der Waals surface area contributed by atoms with Gasteiger partial charge in [-0.2, -0.15) is 31.4 Å². The predicted molar refractivity (Wildman–Crippen MR) is 173 cm³/mol. The lowest BCUT2D eigenvalue weighted by atomic mass is 9.78. The molecule has 2 aliphatic rings. The fourth-order valence-corrected chi connectivity index (χ4v) is 7.52. The molecule has 2 aromatic heterocycles. The van der Waals surface area contributed by atoms with Gasteiger partial charge < -0.3 is 14.9 Å². The van der Waals surface area contributed by atoms with Crippen LogP contribution in [0.25, 0.3) is 11.1 Å². The van der Waals surface area contributed by atoms with Gasteiger partial charge in [0.05, 0.1) is 17.3 Å². The van der Waals surface area contributed by atoms with Gasteiger partial charge in [-0.1, -0.05) is 13.8 Å². The van der Waals surface area contributed by atoms with Crippen LogP contribution in [0.4, 0.5) is 32.3 Å². The number of carbonyl (C=O) groups excluding carboxylic acids is 1. The monoisotopic (exact) mass is 708 g/mol. The zero-order valence-electron chi connectivity index (χ0n) is 28.2. The molecule has 5 rings (SSSR count). The highest BCUT2D eigenvalue weighted by Crippen LogP contribution is 2.40. The van der Waals surface area contributed by atoms with Crippen molar-refractivity contribution in [3.05, 3.63) is 59.7 Å². The van der Waals surface area contributed by atoms with Gasteiger partial charge in [-0.25, -0.2) is 9.97 Å². The number of benzene rings is 1. The third-order valence-corrected chi connectivity index (χ3v) is 10.1. The second-order valence-corrected chi connectivity index (χ2v) is 13.5. The number of carboxylic acids is 1. The van der Waals surface area contributed by atoms with Gasteiger partial charge in [-0.15, -0.1) is 0 Å². The average Bonchev–Trinajstić information content (AvgIpc) is 3.51. The number of likely N-dealkylation sites (tertiary alicyclic amines) is 1. The molecule has 9 nitrogen and oxygen atoms in total. The highest BCUT2D eigenvalue weighted by atomic mass is 19.4. The molecular weight excluding hydrogens is 666 g/mol. The summed E-state index contributed by atoms with van der Waals surface area (Å²) >= 11 is 0. The van der Waals surface area contributed by atoms with Crippen LogP contribution < -0.4 is 4.90 Å². The Hall–Kier alpha value is -4.17. The van der Waals surface area contributed by atoms with E-state index in [2.05, 4.69) is 15.1 Å². The highest BCUT2D eigenvalue weighted by Gasteiger charge is 2.43. The molecule has 0 spiro atoms. The van der Waals surface area contributed by atoms with Crippen LogP contribution in [0.3, 0.4) is 0 Å². The second kappa shape index (κ2) is 15.0. The minimum Gasteiger partial charge on any atom is -0.481 e. The quantitative estimate of drug-likeness (QED) is 0.215. The number of anilines is 1. The van der Waals surface area contributed by atoms with Crippen LogP contribution in [0.2, 0.25) is 0 Å². The van der Waals surface area contributed by atoms with E-state index in [0.29, 0.717) is 56.9 Å². The Bertz CT molecular complexity index is 1590. The number of halogens is 6. The van der Waals surface area contributed by atoms with E-state index >= 15 is 0 Å². The number of rotatable bonds is 10. The van der Waals surface area contributed by atoms with Crippen molar-refractivity contribution in [2.45, 2.75) is 109 Å². The second-order valence-electron chi connectivity index (χ2n) is 13.5. The molecule has 3 heterocycles. The van der Waals surface area contributed by atoms with Crippen LogP contribution in [-0.4, -0.2) is 59.8 Å². The first-order valence-electron chi connectivity index (χ1n) is 17.0. The van der Waals surface area contributed by atoms with Crippen LogP contribution in [0.1, 0.15) is 88.3 Å². The van der Waals surface area contributed by atoms with Crippen molar-refractivity contribution in [3.63, 3.8) is 0 Å². The molecule has 50 heavy (non-hydrogen) atoms. The number of alkyl halides is 6. The summed E-state index contributed by atoms with van der Waals surface area (Å²) in [5, 5.41) is 13.3. The van der Waals surface area contributed by atoms with Crippen LogP contribution in [-0.2, 0) is 35.5 Å². The predicted octanol–water partition coefficient (Wildman–Crippen LogP) is 7.75. The summed E-state index contributed by atoms with van der Waals surface area (Å²) in [5.74, 6) is -0.871. The number of aliphatic carboxylic acids is 1. The number of nitrogens with zero attached hydrogens (tertiary/aromatic N) is 6. The van der Waals surface area contributed by atoms with E-state index in [-0.39, 0.29) is 60.4 Å². The van der Waals surface area contributed by atoms with Gasteiger partial charge in [0.1, 0.15) is 0 Å². The maximum absolute atomic E-state index is 14.0. The van der Waals surface area contributed by atoms with Crippen molar-refractivity contribution in [1.29, 1.82) is 0 Å². The third kappa shape index (κ3) is 8.58. The lowest BCUT2D eigenvalue weighted by Gasteiger charge is -2.49. The molecule has 272 valence electrons. The molecule has 15 heteroatoms. The Morgan fingerprint density at radius 3 is 1.88 bits per heavy atom. The molecule has 1 N–H and O–H groups in total. The van der Waals surface area contributed by atoms with Gasteiger partial charge in [0.2, 0.25) is 11.9 Å². The first-order valence-corrected chi connectivity index (χ1v) is 17.0. The molecule has 2 fully saturated rings. The number of carbonyl (C=O) groups is 2. The molecule has 1 saturated carbocycles. The van der Waals surface area contributed by atoms with Crippen molar-refractivity contribution in [2.24, 2.45) is 18.9 Å². The normalized spacial score (nSPS) is 23.1. The molecule has 0 unspecified atom stereocenters. The van der Waals surface area contributed by atoms with Gasteiger partial charge in [0.15, 0.2) is 0 Å². The largest absolute Gasteiger partial charge is 0.481 e. The molecule has 1 aliphatic carbocycles. The van der Waals surface area contributed by atoms with Crippen LogP contribution in [0.15, 0.2) is 43.0 Å². The number of hydrogen-bond acceptors (Lipinski definition) is 6. The fourth-order valence-electron chi connectivity index (χ4n) is 7.52. The molecule has 1 aliphatic heterocycles. The summed E-state index contributed by atoms with van der Waals surface area (Å²) in [6.45, 7) is 3.59. The van der Waals surface area contributed by atoms with Crippen molar-refractivity contribution >= 4 is 17.8 Å². The summed E-state index contributed by atoms with van der Waals surface area (Å²) < 4.78 is 84.6. The Morgan fingerprint density at radius 2 is 1.42 bits per heavy atom. The number of piperidine rings is 1. The molecular formula is C35H42F6N6O3. The van der Waals surface area contributed by atoms with E-state index in [9.17, 15) is 41.0 Å². The molecule has 3 atom stereocenters. The Morgan fingerprint density at radius 1 is 0.860 bits per heavy atom. The first-order chi connectivity index (χ1) is 23.6. The van der Waals surface area contributed by atoms with Crippen molar-refractivity contribution < 1.29 is 41.0 Å². The average molecular weight is 709 g/mol.